The van der Waals surface area contributed by atoms with Gasteiger partial charge in [0.15, 0.2) is 0 Å². The highest BCUT2D eigenvalue weighted by atomic mass is 16.6. The van der Waals surface area contributed by atoms with Crippen molar-refractivity contribution in [3.8, 4) is 5.75 Å². The average Bonchev–Trinajstić information content (AvgIpc) is 2.47. The van der Waals surface area contributed by atoms with E-state index in [0.29, 0.717) is 17.3 Å². The Bertz CT molecular complexity index is 569. The maximum Gasteiger partial charge on any atom is 0.269 e. The summed E-state index contributed by atoms with van der Waals surface area (Å²) < 4.78 is 5.48. The Morgan fingerprint density at radius 1 is 1.25 bits per heavy atom. The van der Waals surface area contributed by atoms with Crippen LogP contribution in [0.4, 0.5) is 11.5 Å². The number of hydrogen-bond donors (Lipinski definition) is 1. The zero-order chi connectivity index (χ0) is 14.4. The highest BCUT2D eigenvalue weighted by molar-refractivity contribution is 5.36. The fourth-order valence-electron chi connectivity index (χ4n) is 1.52. The van der Waals surface area contributed by atoms with Crippen LogP contribution in [0.3, 0.4) is 0 Å². The van der Waals surface area contributed by atoms with Crippen molar-refractivity contribution in [2.45, 2.75) is 13.5 Å². The molecule has 7 heteroatoms. The molecule has 0 unspecified atom stereocenters. The predicted molar refractivity (Wildman–Crippen MR) is 73.6 cm³/mol. The summed E-state index contributed by atoms with van der Waals surface area (Å²) in [6.07, 6.45) is 3.27. The molecule has 0 amide bonds. The van der Waals surface area contributed by atoms with E-state index in [-0.39, 0.29) is 12.3 Å². The van der Waals surface area contributed by atoms with Gasteiger partial charge < -0.3 is 10.1 Å². The lowest BCUT2D eigenvalue weighted by molar-refractivity contribution is -0.384. The van der Waals surface area contributed by atoms with Crippen molar-refractivity contribution >= 4 is 11.5 Å². The first kappa shape index (κ1) is 13.7. The number of nitrogens with one attached hydrogen (secondary N) is 1. The van der Waals surface area contributed by atoms with Crippen LogP contribution in [0.2, 0.25) is 0 Å². The van der Waals surface area contributed by atoms with Crippen LogP contribution in [0.25, 0.3) is 0 Å². The fourth-order valence-corrected chi connectivity index (χ4v) is 1.52. The second-order valence-corrected chi connectivity index (χ2v) is 3.96. The number of non-ortho nitro benzene ring substituents is 1. The maximum atomic E-state index is 10.5. The van der Waals surface area contributed by atoms with E-state index >= 15 is 0 Å². The molecule has 1 aromatic carbocycles. The Morgan fingerprint density at radius 2 is 2.00 bits per heavy atom. The highest BCUT2D eigenvalue weighted by Gasteiger charge is 2.05. The zero-order valence-electron chi connectivity index (χ0n) is 10.9. The Morgan fingerprint density at radius 3 is 2.55 bits per heavy atom. The van der Waals surface area contributed by atoms with Crippen molar-refractivity contribution in [3.63, 3.8) is 0 Å². The van der Waals surface area contributed by atoms with Crippen molar-refractivity contribution in [2.75, 3.05) is 11.9 Å². The molecule has 0 aliphatic carbocycles. The highest BCUT2D eigenvalue weighted by Crippen LogP contribution is 2.18. The quantitative estimate of drug-likeness (QED) is 0.642. The minimum atomic E-state index is -0.450. The van der Waals surface area contributed by atoms with E-state index in [1.165, 1.54) is 12.1 Å². The van der Waals surface area contributed by atoms with Gasteiger partial charge in [-0.05, 0) is 19.1 Å². The minimum absolute atomic E-state index is 0.0344. The van der Waals surface area contributed by atoms with Gasteiger partial charge in [0.25, 0.3) is 5.69 Å². The van der Waals surface area contributed by atoms with Gasteiger partial charge in [-0.3, -0.25) is 15.1 Å². The third-order valence-electron chi connectivity index (χ3n) is 2.50. The Kier molecular flexibility index (Phi) is 4.43. The van der Waals surface area contributed by atoms with Gasteiger partial charge in [0.1, 0.15) is 18.2 Å². The van der Waals surface area contributed by atoms with E-state index in [4.69, 9.17) is 4.74 Å². The molecule has 0 saturated carbocycles. The summed E-state index contributed by atoms with van der Waals surface area (Å²) in [7, 11) is 0. The Labute approximate surface area is 115 Å². The van der Waals surface area contributed by atoms with E-state index < -0.39 is 4.92 Å². The summed E-state index contributed by atoms with van der Waals surface area (Å²) >= 11 is 0. The Hall–Kier alpha value is -2.70. The average molecular weight is 274 g/mol. The predicted octanol–water partition coefficient (Wildman–Crippen LogP) is 2.40. The summed E-state index contributed by atoms with van der Waals surface area (Å²) in [5, 5.41) is 13.6. The van der Waals surface area contributed by atoms with Crippen LogP contribution >= 0.6 is 0 Å². The summed E-state index contributed by atoms with van der Waals surface area (Å²) in [4.78, 5) is 18.4. The molecule has 1 heterocycles. The van der Waals surface area contributed by atoms with Gasteiger partial charge in [-0.2, -0.15) is 0 Å². The first-order valence-electron chi connectivity index (χ1n) is 6.11. The molecule has 0 fully saturated rings. The van der Waals surface area contributed by atoms with Crippen LogP contribution in [0.15, 0.2) is 36.7 Å². The zero-order valence-corrected chi connectivity index (χ0v) is 10.9. The normalized spacial score (nSPS) is 10.1. The number of hydrogen-bond acceptors (Lipinski definition) is 6. The van der Waals surface area contributed by atoms with Crippen molar-refractivity contribution in [2.24, 2.45) is 0 Å². The van der Waals surface area contributed by atoms with Crippen LogP contribution in [0.1, 0.15) is 12.6 Å². The molecule has 0 spiro atoms. The largest absolute Gasteiger partial charge is 0.487 e. The number of rotatable bonds is 6. The van der Waals surface area contributed by atoms with E-state index in [0.717, 1.165) is 6.54 Å². The Balaban J connectivity index is 1.92. The summed E-state index contributed by atoms with van der Waals surface area (Å²) in [6.45, 7) is 3.03. The third kappa shape index (κ3) is 3.64. The number of nitro groups is 1. The van der Waals surface area contributed by atoms with Crippen LogP contribution in [-0.4, -0.2) is 21.4 Å². The van der Waals surface area contributed by atoms with E-state index in [9.17, 15) is 10.1 Å². The second-order valence-electron chi connectivity index (χ2n) is 3.96. The summed E-state index contributed by atoms with van der Waals surface area (Å²) in [6, 6.07) is 5.90. The molecular formula is C13H14N4O3. The lowest BCUT2D eigenvalue weighted by atomic mass is 10.3. The smallest absolute Gasteiger partial charge is 0.269 e. The van der Waals surface area contributed by atoms with Gasteiger partial charge in [0.2, 0.25) is 0 Å². The van der Waals surface area contributed by atoms with Gasteiger partial charge in [0.05, 0.1) is 23.0 Å². The van der Waals surface area contributed by atoms with Crippen molar-refractivity contribution < 1.29 is 9.66 Å². The molecule has 104 valence electrons. The van der Waals surface area contributed by atoms with Gasteiger partial charge in [-0.15, -0.1) is 0 Å². The van der Waals surface area contributed by atoms with E-state index in [2.05, 4.69) is 15.3 Å². The molecular weight excluding hydrogens is 260 g/mol. The van der Waals surface area contributed by atoms with Gasteiger partial charge in [-0.25, -0.2) is 4.98 Å². The van der Waals surface area contributed by atoms with Gasteiger partial charge in [0, 0.05) is 18.7 Å². The van der Waals surface area contributed by atoms with Gasteiger partial charge in [-0.1, -0.05) is 0 Å². The molecule has 1 aromatic heterocycles. The van der Waals surface area contributed by atoms with E-state index in [1.807, 2.05) is 6.92 Å². The van der Waals surface area contributed by atoms with Gasteiger partial charge >= 0.3 is 0 Å². The molecule has 7 nitrogen and oxygen atoms in total. The molecule has 20 heavy (non-hydrogen) atoms. The first-order chi connectivity index (χ1) is 9.69. The molecule has 0 radical (unpaired) electrons. The molecule has 0 aliphatic rings. The maximum absolute atomic E-state index is 10.5. The summed E-state index contributed by atoms with van der Waals surface area (Å²) in [5.41, 5.74) is 0.720. The van der Waals surface area contributed by atoms with Crippen molar-refractivity contribution in [1.29, 1.82) is 0 Å². The third-order valence-corrected chi connectivity index (χ3v) is 2.50. The summed E-state index contributed by atoms with van der Waals surface area (Å²) in [5.74, 6) is 1.26. The molecule has 0 bridgehead atoms. The molecule has 0 saturated heterocycles. The lowest BCUT2D eigenvalue weighted by Gasteiger charge is -2.06. The number of benzene rings is 1. The molecule has 2 aromatic rings. The number of nitrogens with zero attached hydrogens (tertiary/aromatic N) is 3. The standard InChI is InChI=1S/C13H14N4O3/c1-2-14-13-8-15-10(7-16-13)9-20-12-5-3-11(4-6-12)17(18)19/h3-8H,2,9H2,1H3,(H,14,16). The number of nitro benzene ring substituents is 1. The molecule has 2 rings (SSSR count). The monoisotopic (exact) mass is 274 g/mol. The van der Waals surface area contributed by atoms with Crippen molar-refractivity contribution in [3.05, 3.63) is 52.5 Å². The number of anilines is 1. The van der Waals surface area contributed by atoms with Crippen LogP contribution < -0.4 is 10.1 Å². The molecule has 1 N–H and O–H groups in total. The van der Waals surface area contributed by atoms with Crippen LogP contribution in [0.5, 0.6) is 5.75 Å². The second kappa shape index (κ2) is 6.46. The SMILES string of the molecule is CCNc1cnc(COc2ccc([N+](=O)[O-])cc2)cn1. The number of aromatic nitrogens is 2. The fraction of sp³-hybridized carbons (Fsp3) is 0.231. The minimum Gasteiger partial charge on any atom is -0.487 e. The topological polar surface area (TPSA) is 90.2 Å². The van der Waals surface area contributed by atoms with E-state index in [1.54, 1.807) is 24.5 Å². The van der Waals surface area contributed by atoms with Crippen molar-refractivity contribution in [1.82, 2.24) is 9.97 Å². The molecule has 0 atom stereocenters. The number of ether oxygens (including phenoxy) is 1. The molecule has 0 aliphatic heterocycles. The first-order valence-corrected chi connectivity index (χ1v) is 6.11. The lowest BCUT2D eigenvalue weighted by Crippen LogP contribution is -2.03. The van der Waals surface area contributed by atoms with Crippen LogP contribution in [-0.2, 0) is 6.61 Å². The van der Waals surface area contributed by atoms with Crippen LogP contribution in [0, 0.1) is 10.1 Å².